The van der Waals surface area contributed by atoms with E-state index in [1.54, 1.807) is 0 Å². The van der Waals surface area contributed by atoms with Crippen LogP contribution in [-0.4, -0.2) is 41.9 Å². The summed E-state index contributed by atoms with van der Waals surface area (Å²) >= 11 is 0. The molecule has 2 fully saturated rings. The molecule has 0 unspecified atom stereocenters. The summed E-state index contributed by atoms with van der Waals surface area (Å²) in [6, 6.07) is -0.278. The van der Waals surface area contributed by atoms with Crippen molar-refractivity contribution in [2.24, 2.45) is 0 Å². The fraction of sp³-hybridized carbons (Fsp3) is 0.846. The third-order valence-corrected chi connectivity index (χ3v) is 4.03. The predicted molar refractivity (Wildman–Crippen MR) is 69.0 cm³/mol. The molecule has 1 saturated carbocycles. The number of ether oxygens (including phenoxy) is 1. The van der Waals surface area contributed by atoms with Gasteiger partial charge in [-0.1, -0.05) is 19.3 Å². The molecule has 0 aromatic carbocycles. The van der Waals surface area contributed by atoms with Gasteiger partial charge in [-0.15, -0.1) is 0 Å². The first-order valence-electron chi connectivity index (χ1n) is 7.02. The number of hydrogen-bond donors (Lipinski definition) is 3. The van der Waals surface area contributed by atoms with Crippen molar-refractivity contribution >= 4 is 12.0 Å². The van der Waals surface area contributed by atoms with Crippen molar-refractivity contribution in [3.8, 4) is 0 Å². The Labute approximate surface area is 112 Å². The van der Waals surface area contributed by atoms with Gasteiger partial charge in [-0.25, -0.2) is 9.59 Å². The van der Waals surface area contributed by atoms with Crippen LogP contribution in [0.25, 0.3) is 0 Å². The van der Waals surface area contributed by atoms with Crippen LogP contribution in [0.1, 0.15) is 44.9 Å². The number of carbonyl (C=O) groups is 2. The first-order chi connectivity index (χ1) is 9.12. The number of hydrogen-bond acceptors (Lipinski definition) is 3. The number of carboxylic acid groups (broad SMARTS) is 1. The molecule has 1 aliphatic carbocycles. The molecule has 6 nitrogen and oxygen atoms in total. The maximum absolute atomic E-state index is 12.0. The van der Waals surface area contributed by atoms with Gasteiger partial charge in [0.05, 0.1) is 0 Å². The van der Waals surface area contributed by atoms with E-state index in [9.17, 15) is 14.7 Å². The Morgan fingerprint density at radius 3 is 2.32 bits per heavy atom. The highest BCUT2D eigenvalue weighted by Crippen LogP contribution is 2.28. The van der Waals surface area contributed by atoms with Gasteiger partial charge >= 0.3 is 12.0 Å². The molecule has 0 aromatic rings. The van der Waals surface area contributed by atoms with E-state index in [1.807, 2.05) is 0 Å². The lowest BCUT2D eigenvalue weighted by Gasteiger charge is -2.34. The third kappa shape index (κ3) is 3.59. The van der Waals surface area contributed by atoms with Gasteiger partial charge in [0.1, 0.15) is 5.54 Å². The second-order valence-corrected chi connectivity index (χ2v) is 5.43. The normalized spacial score (nSPS) is 23.6. The van der Waals surface area contributed by atoms with Crippen LogP contribution in [-0.2, 0) is 9.53 Å². The average molecular weight is 270 g/mol. The molecule has 19 heavy (non-hydrogen) atoms. The molecule has 0 spiro atoms. The summed E-state index contributed by atoms with van der Waals surface area (Å²) in [5, 5.41) is 14.9. The van der Waals surface area contributed by atoms with E-state index in [2.05, 4.69) is 10.6 Å². The lowest BCUT2D eigenvalue weighted by Crippen LogP contribution is -2.59. The Bertz CT molecular complexity index is 334. The zero-order valence-corrected chi connectivity index (χ0v) is 11.1. The molecule has 0 radical (unpaired) electrons. The maximum atomic E-state index is 12.0. The minimum Gasteiger partial charge on any atom is -0.480 e. The van der Waals surface area contributed by atoms with E-state index in [0.717, 1.165) is 32.1 Å². The SMILES string of the molecule is O=C(NC1CCOCC1)NC1(C(=O)O)CCCCC1. The van der Waals surface area contributed by atoms with Crippen LogP contribution >= 0.6 is 0 Å². The first kappa shape index (κ1) is 14.1. The minimum absolute atomic E-state index is 0.0863. The lowest BCUT2D eigenvalue weighted by molar-refractivity contribution is -0.145. The van der Waals surface area contributed by atoms with Gasteiger partial charge in [0, 0.05) is 19.3 Å². The smallest absolute Gasteiger partial charge is 0.329 e. The molecular weight excluding hydrogens is 248 g/mol. The molecule has 3 N–H and O–H groups in total. The van der Waals surface area contributed by atoms with Gasteiger partial charge in [0.2, 0.25) is 0 Å². The minimum atomic E-state index is -1.08. The molecule has 2 rings (SSSR count). The molecule has 1 aliphatic heterocycles. The Morgan fingerprint density at radius 2 is 1.74 bits per heavy atom. The number of carboxylic acids is 1. The summed E-state index contributed by atoms with van der Waals surface area (Å²) < 4.78 is 5.22. The molecular formula is C13H22N2O4. The molecule has 6 heteroatoms. The zero-order valence-electron chi connectivity index (χ0n) is 11.1. The van der Waals surface area contributed by atoms with Gasteiger partial charge in [-0.3, -0.25) is 0 Å². The summed E-state index contributed by atoms with van der Waals surface area (Å²) in [5.74, 6) is -0.922. The fourth-order valence-corrected chi connectivity index (χ4v) is 2.83. The van der Waals surface area contributed by atoms with Crippen LogP contribution in [0.2, 0.25) is 0 Å². The molecule has 1 heterocycles. The molecule has 108 valence electrons. The molecule has 2 amide bonds. The summed E-state index contributed by atoms with van der Waals surface area (Å²) in [6.07, 6.45) is 5.35. The molecule has 0 atom stereocenters. The summed E-state index contributed by atoms with van der Waals surface area (Å²) in [6.45, 7) is 1.30. The Hall–Kier alpha value is -1.30. The number of rotatable bonds is 3. The highest BCUT2D eigenvalue weighted by Gasteiger charge is 2.41. The van der Waals surface area contributed by atoms with Crippen LogP contribution in [0, 0.1) is 0 Å². The number of carbonyl (C=O) groups excluding carboxylic acids is 1. The van der Waals surface area contributed by atoms with Crippen molar-refractivity contribution in [3.05, 3.63) is 0 Å². The number of urea groups is 1. The van der Waals surface area contributed by atoms with Gasteiger partial charge in [0.25, 0.3) is 0 Å². The van der Waals surface area contributed by atoms with Crippen molar-refractivity contribution in [1.82, 2.24) is 10.6 Å². The van der Waals surface area contributed by atoms with Crippen LogP contribution in [0.4, 0.5) is 4.79 Å². The van der Waals surface area contributed by atoms with E-state index >= 15 is 0 Å². The van der Waals surface area contributed by atoms with E-state index in [1.165, 1.54) is 0 Å². The predicted octanol–water partition coefficient (Wildman–Crippen LogP) is 1.25. The largest absolute Gasteiger partial charge is 0.480 e. The molecule has 0 bridgehead atoms. The Balaban J connectivity index is 1.89. The van der Waals surface area contributed by atoms with Crippen LogP contribution in [0.3, 0.4) is 0 Å². The van der Waals surface area contributed by atoms with E-state index < -0.39 is 11.5 Å². The van der Waals surface area contributed by atoms with Gasteiger partial charge in [0.15, 0.2) is 0 Å². The monoisotopic (exact) mass is 270 g/mol. The Kier molecular flexibility index (Phi) is 4.63. The third-order valence-electron chi connectivity index (χ3n) is 4.03. The second kappa shape index (κ2) is 6.23. The summed E-state index contributed by atoms with van der Waals surface area (Å²) in [7, 11) is 0. The van der Waals surface area contributed by atoms with Gasteiger partial charge < -0.3 is 20.5 Å². The highest BCUT2D eigenvalue weighted by molar-refractivity contribution is 5.86. The van der Waals surface area contributed by atoms with Crippen LogP contribution < -0.4 is 10.6 Å². The van der Waals surface area contributed by atoms with Crippen molar-refractivity contribution in [2.45, 2.75) is 56.5 Å². The number of aliphatic carboxylic acids is 1. The topological polar surface area (TPSA) is 87.7 Å². The van der Waals surface area contributed by atoms with Crippen molar-refractivity contribution in [1.29, 1.82) is 0 Å². The average Bonchev–Trinajstić information content (AvgIpc) is 2.40. The standard InChI is InChI=1S/C13H22N2O4/c16-11(17)13(6-2-1-3-7-13)15-12(18)14-10-4-8-19-9-5-10/h10H,1-9H2,(H,16,17)(H2,14,15,18). The van der Waals surface area contributed by atoms with E-state index in [0.29, 0.717) is 26.1 Å². The van der Waals surface area contributed by atoms with Crippen LogP contribution in [0.5, 0.6) is 0 Å². The number of amides is 2. The van der Waals surface area contributed by atoms with Crippen LogP contribution in [0.15, 0.2) is 0 Å². The summed E-state index contributed by atoms with van der Waals surface area (Å²) in [4.78, 5) is 23.4. The van der Waals surface area contributed by atoms with Crippen molar-refractivity contribution in [3.63, 3.8) is 0 Å². The lowest BCUT2D eigenvalue weighted by atomic mass is 9.82. The molecule has 1 saturated heterocycles. The fourth-order valence-electron chi connectivity index (χ4n) is 2.83. The Morgan fingerprint density at radius 1 is 1.11 bits per heavy atom. The summed E-state index contributed by atoms with van der Waals surface area (Å²) in [5.41, 5.74) is -1.08. The second-order valence-electron chi connectivity index (χ2n) is 5.43. The highest BCUT2D eigenvalue weighted by atomic mass is 16.5. The maximum Gasteiger partial charge on any atom is 0.329 e. The first-order valence-corrected chi connectivity index (χ1v) is 7.02. The van der Waals surface area contributed by atoms with Gasteiger partial charge in [-0.05, 0) is 25.7 Å². The van der Waals surface area contributed by atoms with E-state index in [4.69, 9.17) is 4.74 Å². The van der Waals surface area contributed by atoms with E-state index in [-0.39, 0.29) is 12.1 Å². The zero-order chi connectivity index (χ0) is 13.7. The van der Waals surface area contributed by atoms with Gasteiger partial charge in [-0.2, -0.15) is 0 Å². The van der Waals surface area contributed by atoms with Crippen molar-refractivity contribution < 1.29 is 19.4 Å². The molecule has 2 aliphatic rings. The number of nitrogens with one attached hydrogen (secondary N) is 2. The van der Waals surface area contributed by atoms with Crippen molar-refractivity contribution in [2.75, 3.05) is 13.2 Å². The molecule has 0 aromatic heterocycles. The quantitative estimate of drug-likeness (QED) is 0.720.